The molecular formula is C104H76N2S. The second kappa shape index (κ2) is 28.1. The summed E-state index contributed by atoms with van der Waals surface area (Å²) in [6, 6.07) is 122. The zero-order chi connectivity index (χ0) is 72.1. The van der Waals surface area contributed by atoms with Crippen LogP contribution >= 0.6 is 11.3 Å². The first-order valence-electron chi connectivity index (χ1n) is 36.9. The van der Waals surface area contributed by atoms with Crippen LogP contribution in [0.4, 0.5) is 11.4 Å². The average Bonchev–Trinajstić information content (AvgIpc) is 1.61. The van der Waals surface area contributed by atoms with Crippen LogP contribution in [0.1, 0.15) is 34.7 Å². The van der Waals surface area contributed by atoms with Gasteiger partial charge < -0.3 is 9.47 Å². The summed E-state index contributed by atoms with van der Waals surface area (Å²) in [7, 11) is 0. The van der Waals surface area contributed by atoms with Gasteiger partial charge in [-0.05, 0) is 252 Å². The number of rotatable bonds is 14. The lowest BCUT2D eigenvalue weighted by atomic mass is 9.92. The summed E-state index contributed by atoms with van der Waals surface area (Å²) in [5.74, 6) is 0. The lowest BCUT2D eigenvalue weighted by Gasteiger charge is -2.27. The van der Waals surface area contributed by atoms with Gasteiger partial charge in [0.25, 0.3) is 0 Å². The number of aromatic nitrogens is 1. The highest BCUT2D eigenvalue weighted by atomic mass is 32.1. The maximum Gasteiger partial charge on any atom is 0.0541 e. The lowest BCUT2D eigenvalue weighted by molar-refractivity contribution is 1.09. The van der Waals surface area contributed by atoms with Crippen LogP contribution in [-0.4, -0.2) is 11.1 Å². The Morgan fingerprint density at radius 1 is 0.355 bits per heavy atom. The maximum absolute atomic E-state index is 4.57. The van der Waals surface area contributed by atoms with Crippen molar-refractivity contribution in [3.8, 4) is 94.7 Å². The standard InChI is InChI=1S/C104H76N2S/c1-6-24-73(87-54-68(2)53-69(3)55-87)56-71(5)72-26-16-27-74(57-72)75-28-17-29-76(58-75)77-30-18-31-78(59-77)79-32-19-33-80(60-79)81-34-20-35-82(61-81)83-36-21-37-84(62-83)88-63-89(65-90(64-88)105-52-15-7-8-25-70(4)91-38-9-12-44-99(91)105)85-48-50-103-97(66-85)98-67-86(49-51-104(98)107-103)92-41-22-43-94-93(92)42-23-47-102(94)106-100-45-13-10-39-95(100)96-40-11-14-46-101(96)106/h6-51,53-67H,4-5,52H2,1-3H3/b15-7-,24-6-,25-8-,73-56+. The second-order valence-corrected chi connectivity index (χ2v) is 29.4. The molecule has 2 aromatic heterocycles. The molecule has 0 saturated heterocycles. The Balaban J connectivity index is 0.665. The molecule has 0 bridgehead atoms. The van der Waals surface area contributed by atoms with Gasteiger partial charge in [-0.3, -0.25) is 0 Å². The summed E-state index contributed by atoms with van der Waals surface area (Å²) in [6.45, 7) is 16.2. The zero-order valence-corrected chi connectivity index (χ0v) is 61.0. The number of benzene rings is 15. The van der Waals surface area contributed by atoms with Crippen molar-refractivity contribution < 1.29 is 0 Å². The molecule has 0 aliphatic carbocycles. The van der Waals surface area contributed by atoms with E-state index >= 15 is 0 Å². The van der Waals surface area contributed by atoms with E-state index < -0.39 is 0 Å². The van der Waals surface area contributed by atoms with Gasteiger partial charge in [0.05, 0.1) is 16.7 Å². The van der Waals surface area contributed by atoms with Gasteiger partial charge in [-0.1, -0.05) is 285 Å². The van der Waals surface area contributed by atoms with Gasteiger partial charge in [0.2, 0.25) is 0 Å². The highest BCUT2D eigenvalue weighted by Crippen LogP contribution is 2.45. The number of anilines is 2. The van der Waals surface area contributed by atoms with E-state index in [-0.39, 0.29) is 0 Å². The van der Waals surface area contributed by atoms with Crippen LogP contribution in [0.2, 0.25) is 0 Å². The minimum absolute atomic E-state index is 0.677. The normalized spacial score (nSPS) is 13.2. The first-order chi connectivity index (χ1) is 52.6. The first-order valence-corrected chi connectivity index (χ1v) is 37.7. The van der Waals surface area contributed by atoms with Crippen molar-refractivity contribution in [1.29, 1.82) is 0 Å². The SMILES string of the molecule is C=C(/C=C(\C=C/C)c1cc(C)cc(C)c1)c1cccc(-c2cccc(-c3cccc(-c4cccc(-c5cccc(-c6cccc(-c7cc(-c8ccc9sc%10ccc(-c%11cccc%12c(-n%13c%14ccccc%14c%14ccccc%14%13)cccc%11%12)cc%10c9c8)cc(N8C/C=C\C=C/C(=C)c9ccccc98)c7)c6)c5)c4)c3)c2)c1. The Morgan fingerprint density at radius 3 is 1.37 bits per heavy atom. The number of allylic oxidation sites excluding steroid dienone is 9. The van der Waals surface area contributed by atoms with Crippen LogP contribution in [-0.2, 0) is 0 Å². The molecule has 3 heterocycles. The fourth-order valence-corrected chi connectivity index (χ4v) is 17.2. The van der Waals surface area contributed by atoms with Crippen molar-refractivity contribution in [3.63, 3.8) is 0 Å². The number of para-hydroxylation sites is 3. The third-order valence-corrected chi connectivity index (χ3v) is 22.4. The predicted molar refractivity (Wildman–Crippen MR) is 463 cm³/mol. The summed E-state index contributed by atoms with van der Waals surface area (Å²) in [4.78, 5) is 2.45. The molecule has 0 spiro atoms. The fraction of sp³-hybridized carbons (Fsp3) is 0.0385. The predicted octanol–water partition coefficient (Wildman–Crippen LogP) is 29.2. The van der Waals surface area contributed by atoms with E-state index in [0.717, 1.165) is 100 Å². The average molecular weight is 1390 g/mol. The second-order valence-electron chi connectivity index (χ2n) is 28.3. The maximum atomic E-state index is 4.57. The van der Waals surface area contributed by atoms with Crippen LogP contribution in [0.3, 0.4) is 0 Å². The Labute approximate surface area is 630 Å². The van der Waals surface area contributed by atoms with E-state index in [4.69, 9.17) is 0 Å². The molecule has 3 heteroatoms. The van der Waals surface area contributed by atoms with Gasteiger partial charge in [-0.2, -0.15) is 0 Å². The molecule has 1 aliphatic heterocycles. The van der Waals surface area contributed by atoms with Crippen molar-refractivity contribution in [2.45, 2.75) is 20.8 Å². The van der Waals surface area contributed by atoms with E-state index in [1.54, 1.807) is 0 Å². The lowest BCUT2D eigenvalue weighted by Crippen LogP contribution is -2.18. The van der Waals surface area contributed by atoms with Gasteiger partial charge in [0, 0.05) is 59.8 Å². The molecular weight excluding hydrogens is 1310 g/mol. The number of nitrogens with zero attached hydrogens (tertiary/aromatic N) is 2. The third-order valence-electron chi connectivity index (χ3n) is 21.2. The van der Waals surface area contributed by atoms with Gasteiger partial charge >= 0.3 is 0 Å². The minimum atomic E-state index is 0.677. The van der Waals surface area contributed by atoms with E-state index in [0.29, 0.717) is 6.54 Å². The fourth-order valence-electron chi connectivity index (χ4n) is 16.1. The molecule has 2 nitrogen and oxygen atoms in total. The van der Waals surface area contributed by atoms with Crippen LogP contribution in [0, 0.1) is 13.8 Å². The molecule has 508 valence electrons. The third kappa shape index (κ3) is 12.8. The van der Waals surface area contributed by atoms with E-state index in [1.807, 2.05) is 11.3 Å². The summed E-state index contributed by atoms with van der Waals surface area (Å²) in [5, 5.41) is 7.47. The topological polar surface area (TPSA) is 8.17 Å². The Hall–Kier alpha value is -13.2. The molecule has 0 saturated carbocycles. The van der Waals surface area contributed by atoms with Crippen LogP contribution < -0.4 is 4.90 Å². The van der Waals surface area contributed by atoms with Crippen LogP contribution in [0.5, 0.6) is 0 Å². The molecule has 15 aromatic carbocycles. The summed E-state index contributed by atoms with van der Waals surface area (Å²) in [6.07, 6.45) is 15.1. The molecule has 0 fully saturated rings. The highest BCUT2D eigenvalue weighted by molar-refractivity contribution is 7.25. The number of hydrogen-bond donors (Lipinski definition) is 0. The Morgan fingerprint density at radius 2 is 0.794 bits per heavy atom. The van der Waals surface area contributed by atoms with E-state index in [1.165, 1.54) is 103 Å². The smallest absolute Gasteiger partial charge is 0.0541 e. The molecule has 0 amide bonds. The van der Waals surface area contributed by atoms with Crippen LogP contribution in [0.25, 0.3) is 164 Å². The minimum Gasteiger partial charge on any atom is -0.337 e. The zero-order valence-electron chi connectivity index (χ0n) is 60.1. The number of fused-ring (bicyclic) bond motifs is 8. The Bertz CT molecular complexity index is 6500. The molecule has 0 N–H and O–H groups in total. The summed E-state index contributed by atoms with van der Waals surface area (Å²) < 4.78 is 4.98. The van der Waals surface area contributed by atoms with E-state index in [9.17, 15) is 0 Å². The molecule has 18 rings (SSSR count). The molecule has 107 heavy (non-hydrogen) atoms. The quantitative estimate of drug-likeness (QED) is 0.0985. The number of aryl methyl sites for hydroxylation is 2. The van der Waals surface area contributed by atoms with Crippen molar-refractivity contribution in [1.82, 2.24) is 4.57 Å². The monoisotopic (exact) mass is 1380 g/mol. The molecule has 0 radical (unpaired) electrons. The van der Waals surface area contributed by atoms with Gasteiger partial charge in [-0.25, -0.2) is 0 Å². The highest BCUT2D eigenvalue weighted by Gasteiger charge is 2.21. The number of hydrogen-bond acceptors (Lipinski definition) is 2. The van der Waals surface area contributed by atoms with Crippen molar-refractivity contribution in [3.05, 3.63) is 411 Å². The summed E-state index contributed by atoms with van der Waals surface area (Å²) >= 11 is 1.86. The van der Waals surface area contributed by atoms with Gasteiger partial charge in [0.1, 0.15) is 0 Å². The molecule has 0 atom stereocenters. The van der Waals surface area contributed by atoms with Gasteiger partial charge in [-0.15, -0.1) is 11.3 Å². The van der Waals surface area contributed by atoms with Crippen molar-refractivity contribution >= 4 is 92.2 Å². The van der Waals surface area contributed by atoms with E-state index in [2.05, 4.69) is 414 Å². The Kier molecular flexibility index (Phi) is 17.3. The molecule has 1 aliphatic rings. The van der Waals surface area contributed by atoms with Crippen LogP contribution in [0.15, 0.2) is 383 Å². The van der Waals surface area contributed by atoms with Crippen molar-refractivity contribution in [2.24, 2.45) is 0 Å². The number of thiophene rings is 1. The van der Waals surface area contributed by atoms with Gasteiger partial charge in [0.15, 0.2) is 0 Å². The van der Waals surface area contributed by atoms with Crippen molar-refractivity contribution in [2.75, 3.05) is 11.4 Å². The molecule has 17 aromatic rings. The summed E-state index contributed by atoms with van der Waals surface area (Å²) in [5.41, 5.74) is 33.4. The first kappa shape index (κ1) is 65.8. The largest absolute Gasteiger partial charge is 0.337 e. The molecule has 0 unspecified atom stereocenters.